The summed E-state index contributed by atoms with van der Waals surface area (Å²) in [7, 11) is 0. The first-order chi connectivity index (χ1) is 46.3. The minimum absolute atomic E-state index is 0. The first-order valence-corrected chi connectivity index (χ1v) is 31.2. The second-order valence-corrected chi connectivity index (χ2v) is 24.2. The maximum absolute atomic E-state index is 14.5. The van der Waals surface area contributed by atoms with Crippen molar-refractivity contribution in [1.82, 2.24) is 59.8 Å². The second-order valence-electron chi connectivity index (χ2n) is 24.2. The topological polar surface area (TPSA) is 214 Å². The summed E-state index contributed by atoms with van der Waals surface area (Å²) in [6, 6.07) is 60.2. The zero-order valence-electron chi connectivity index (χ0n) is 52.2. The van der Waals surface area contributed by atoms with Crippen LogP contribution in [0.1, 0.15) is 72.1 Å². The number of amides is 2. The van der Waals surface area contributed by atoms with Crippen LogP contribution in [0.15, 0.2) is 238 Å². The number of aromatic nitrogens is 12. The first-order valence-electron chi connectivity index (χ1n) is 31.2. The van der Waals surface area contributed by atoms with E-state index in [4.69, 9.17) is 15.1 Å². The number of carbonyl (C=O) groups is 2. The number of carbonyl (C=O) groups excluding carboxylic acids is 2. The van der Waals surface area contributed by atoms with E-state index in [0.29, 0.717) is 80.5 Å². The Morgan fingerprint density at radius 1 is 0.454 bits per heavy atom. The number of H-pyrrole nitrogens is 3. The fraction of sp³-hybridized carbons (Fsp3) is 0.139. The molecule has 97 heavy (non-hydrogen) atoms. The van der Waals surface area contributed by atoms with Crippen molar-refractivity contribution in [3.8, 4) is 67.5 Å². The van der Waals surface area contributed by atoms with E-state index in [0.717, 1.165) is 71.8 Å². The summed E-state index contributed by atoms with van der Waals surface area (Å²) >= 11 is 0. The van der Waals surface area contributed by atoms with Gasteiger partial charge in [0.15, 0.2) is 11.6 Å². The highest BCUT2D eigenvalue weighted by Crippen LogP contribution is 2.45. The van der Waals surface area contributed by atoms with Crippen LogP contribution >= 0.6 is 0 Å². The quantitative estimate of drug-likeness (QED) is 0.0577. The Labute approximate surface area is 559 Å². The number of rotatable bonds is 16. The van der Waals surface area contributed by atoms with Gasteiger partial charge in [-0.05, 0) is 111 Å². The molecule has 5 N–H and O–H groups in total. The number of imidazole rings is 2. The Morgan fingerprint density at radius 2 is 0.907 bits per heavy atom. The van der Waals surface area contributed by atoms with Crippen LogP contribution < -0.4 is 10.6 Å². The summed E-state index contributed by atoms with van der Waals surface area (Å²) in [5, 5.41) is 20.8. The van der Waals surface area contributed by atoms with Crippen LogP contribution in [0.25, 0.3) is 111 Å². The lowest BCUT2D eigenvalue weighted by molar-refractivity contribution is -0.117. The molecule has 0 bridgehead atoms. The van der Waals surface area contributed by atoms with Gasteiger partial charge in [-0.1, -0.05) is 170 Å². The van der Waals surface area contributed by atoms with Crippen molar-refractivity contribution in [2.75, 3.05) is 10.6 Å². The third-order valence-corrected chi connectivity index (χ3v) is 16.5. The van der Waals surface area contributed by atoms with Crippen molar-refractivity contribution in [2.45, 2.75) is 60.9 Å². The van der Waals surface area contributed by atoms with Crippen molar-refractivity contribution in [3.63, 3.8) is 0 Å². The van der Waals surface area contributed by atoms with Gasteiger partial charge in [0.1, 0.15) is 28.6 Å². The van der Waals surface area contributed by atoms with Crippen LogP contribution in [0.4, 0.5) is 20.2 Å². The van der Waals surface area contributed by atoms with Crippen LogP contribution in [0.3, 0.4) is 0 Å². The summed E-state index contributed by atoms with van der Waals surface area (Å²) in [6.45, 7) is 8.05. The van der Waals surface area contributed by atoms with Gasteiger partial charge < -0.3 is 20.6 Å². The van der Waals surface area contributed by atoms with Crippen LogP contribution in [0.5, 0.6) is 0 Å². The van der Waals surface area contributed by atoms with Crippen molar-refractivity contribution in [2.24, 2.45) is 11.8 Å². The lowest BCUT2D eigenvalue weighted by Crippen LogP contribution is -2.38. The molecule has 482 valence electrons. The fourth-order valence-electron chi connectivity index (χ4n) is 12.3. The van der Waals surface area contributed by atoms with Gasteiger partial charge in [-0.2, -0.15) is 10.2 Å². The van der Waals surface area contributed by atoms with Crippen LogP contribution in [0, 0.1) is 23.5 Å². The van der Waals surface area contributed by atoms with Gasteiger partial charge in [-0.15, -0.1) is 0 Å². The van der Waals surface area contributed by atoms with Crippen molar-refractivity contribution in [3.05, 3.63) is 266 Å². The Bertz CT molecular complexity index is 5220. The molecule has 8 heterocycles. The Hall–Kier alpha value is -12.2. The monoisotopic (exact) mass is 1280 g/mol. The number of benzene rings is 7. The van der Waals surface area contributed by atoms with Gasteiger partial charge in [0.05, 0.1) is 69.3 Å². The molecular formula is C79H70F2N14O2. The minimum atomic E-state index is -0.912. The van der Waals surface area contributed by atoms with E-state index in [-0.39, 0.29) is 50.1 Å². The summed E-state index contributed by atoms with van der Waals surface area (Å²) in [4.78, 5) is 59.4. The maximum atomic E-state index is 14.5. The zero-order valence-corrected chi connectivity index (χ0v) is 52.2. The van der Waals surface area contributed by atoms with Crippen LogP contribution in [-0.2, 0) is 15.1 Å². The van der Waals surface area contributed by atoms with E-state index >= 15 is 0 Å². The molecule has 0 radical (unpaired) electrons. The molecule has 0 spiro atoms. The SMILES string of the molecule is C.C.CC(C)CC(=O)Nc1cncc(-c2ccc3[nH]nc(-c4nc5c(-c6cccc(F)c6)cncc5[nH]4)c3c2)c1.CC(C)CC(=O)Nc1cncc(-c2ccc3c(c2)c(-c2nc4c(-c5cccc(F)c5)cncc4[nH]2)nn3C(c2ccccc2)(c2ccccc2)c2ccccc2)c1. The molecule has 8 aromatic heterocycles. The van der Waals surface area contributed by atoms with Crippen LogP contribution in [0.2, 0.25) is 0 Å². The normalized spacial score (nSPS) is 11.4. The minimum Gasteiger partial charge on any atom is -0.335 e. The second kappa shape index (κ2) is 27.8. The average Bonchev–Trinajstić information content (AvgIpc) is 1.25. The molecule has 15 rings (SSSR count). The number of nitrogens with zero attached hydrogens (tertiary/aromatic N) is 9. The average molecular weight is 1290 g/mol. The highest BCUT2D eigenvalue weighted by molar-refractivity contribution is 6.01. The van der Waals surface area contributed by atoms with E-state index in [1.165, 1.54) is 24.3 Å². The molecule has 15 aromatic rings. The molecule has 0 atom stereocenters. The predicted octanol–water partition coefficient (Wildman–Crippen LogP) is 18.3. The zero-order chi connectivity index (χ0) is 65.2. The molecular weight excluding hydrogens is 1210 g/mol. The number of fused-ring (bicyclic) bond motifs is 4. The summed E-state index contributed by atoms with van der Waals surface area (Å²) < 4.78 is 30.5. The molecule has 18 heteroatoms. The van der Waals surface area contributed by atoms with Gasteiger partial charge in [-0.3, -0.25) is 34.6 Å². The summed E-state index contributed by atoms with van der Waals surface area (Å²) in [5.41, 5.74) is 15.5. The number of aromatic amines is 3. The van der Waals surface area contributed by atoms with Gasteiger partial charge in [0.25, 0.3) is 0 Å². The van der Waals surface area contributed by atoms with E-state index in [1.54, 1.807) is 61.7 Å². The van der Waals surface area contributed by atoms with E-state index in [9.17, 15) is 18.4 Å². The third-order valence-electron chi connectivity index (χ3n) is 16.5. The number of hydrogen-bond acceptors (Lipinski definition) is 10. The Morgan fingerprint density at radius 3 is 1.38 bits per heavy atom. The molecule has 0 aliphatic heterocycles. The predicted molar refractivity (Wildman–Crippen MR) is 383 cm³/mol. The molecule has 0 saturated heterocycles. The highest BCUT2D eigenvalue weighted by atomic mass is 19.1. The van der Waals surface area contributed by atoms with Crippen molar-refractivity contribution in [1.29, 1.82) is 0 Å². The van der Waals surface area contributed by atoms with E-state index in [2.05, 4.69) is 146 Å². The molecule has 7 aromatic carbocycles. The molecule has 0 unspecified atom stereocenters. The standard InChI is InChI=1S/C48H38FN7O.C29H24FN7O.2CH4/c1-31(2)23-44(57)52-39-25-34(27-50-28-39)32-21-22-43-40(26-32)46(47-53-42-30-51-29-41(45(42)54-47)33-13-12-20-38(49)24-33)55-56(43)48(35-14-6-3-7-15-35,36-16-8-4-9-17-36)37-18-10-5-11-19-37;1-16(2)8-26(38)33-21-10-19(12-31-13-21)17-6-7-24-22(11-17)28(37-36-24)29-34-25-15-32-14-23(27(25)35-29)18-4-3-5-20(30)9-18;;/h3-22,24-31H,23H2,1-2H3,(H,52,57)(H,53,54);3-7,9-16H,8H2,1-2H3,(H,33,38)(H,34,35)(H,36,37);2*1H4. The largest absolute Gasteiger partial charge is 0.335 e. The highest BCUT2D eigenvalue weighted by Gasteiger charge is 2.41. The van der Waals surface area contributed by atoms with Crippen LogP contribution in [-0.4, -0.2) is 71.7 Å². The maximum Gasteiger partial charge on any atom is 0.224 e. The Kier molecular flexibility index (Phi) is 18.6. The van der Waals surface area contributed by atoms with Crippen molar-refractivity contribution >= 4 is 67.1 Å². The number of halogens is 2. The lowest BCUT2D eigenvalue weighted by Gasteiger charge is -2.37. The molecule has 2 amide bonds. The lowest BCUT2D eigenvalue weighted by atomic mass is 9.77. The van der Waals surface area contributed by atoms with Gasteiger partial charge in [0.2, 0.25) is 11.8 Å². The number of anilines is 2. The van der Waals surface area contributed by atoms with E-state index in [1.807, 2.05) is 88.4 Å². The number of pyridine rings is 4. The van der Waals surface area contributed by atoms with Crippen molar-refractivity contribution < 1.29 is 18.4 Å². The summed E-state index contributed by atoms with van der Waals surface area (Å²) in [6.07, 6.45) is 14.5. The molecule has 0 aliphatic carbocycles. The van der Waals surface area contributed by atoms with Gasteiger partial charge >= 0.3 is 0 Å². The molecule has 0 aliphatic rings. The van der Waals surface area contributed by atoms with Gasteiger partial charge in [-0.25, -0.2) is 23.4 Å². The molecule has 0 saturated carbocycles. The smallest absolute Gasteiger partial charge is 0.224 e. The summed E-state index contributed by atoms with van der Waals surface area (Å²) in [5.74, 6) is 0.852. The van der Waals surface area contributed by atoms with Gasteiger partial charge in [0, 0.05) is 70.7 Å². The third kappa shape index (κ3) is 13.1. The fourth-order valence-corrected chi connectivity index (χ4v) is 12.3. The molecule has 16 nitrogen and oxygen atoms in total. The number of hydrogen-bond donors (Lipinski definition) is 5. The Balaban J connectivity index is 0.000000196. The number of nitrogens with one attached hydrogen (secondary N) is 5. The first kappa shape index (κ1) is 64.9. The molecule has 0 fully saturated rings. The van der Waals surface area contributed by atoms with E-state index < -0.39 is 5.54 Å².